The Morgan fingerprint density at radius 2 is 1.58 bits per heavy atom. The van der Waals surface area contributed by atoms with Gasteiger partial charge in [0.2, 0.25) is 10.9 Å². The van der Waals surface area contributed by atoms with Crippen molar-refractivity contribution >= 4 is 22.4 Å². The van der Waals surface area contributed by atoms with E-state index >= 15 is 0 Å². The highest BCUT2D eigenvalue weighted by molar-refractivity contribution is 7.18. The number of amides is 1. The van der Waals surface area contributed by atoms with Crippen molar-refractivity contribution in [2.45, 2.75) is 20.8 Å². The minimum absolute atomic E-state index is 0.354. The van der Waals surface area contributed by atoms with Gasteiger partial charge < -0.3 is 18.9 Å². The highest BCUT2D eigenvalue weighted by Gasteiger charge is 2.20. The largest absolute Gasteiger partial charge is 0.496 e. The molecule has 0 atom stereocenters. The highest BCUT2D eigenvalue weighted by atomic mass is 32.1. The van der Waals surface area contributed by atoms with Crippen molar-refractivity contribution in [3.8, 4) is 33.6 Å². The quantitative estimate of drug-likeness (QED) is 0.487. The summed E-state index contributed by atoms with van der Waals surface area (Å²) in [6, 6.07) is 10.8. The molecule has 164 valence electrons. The molecule has 3 aromatic rings. The topological polar surface area (TPSA) is 91.8 Å². The number of hydrogen-bond donors (Lipinski definition) is 1. The Kier molecular flexibility index (Phi) is 7.66. The van der Waals surface area contributed by atoms with E-state index in [4.69, 9.17) is 18.9 Å². The molecule has 0 aliphatic rings. The number of methoxy groups -OCH3 is 1. The second-order valence-corrected chi connectivity index (χ2v) is 7.14. The number of hydrogen-bond acceptors (Lipinski definition) is 8. The van der Waals surface area contributed by atoms with Gasteiger partial charge >= 0.3 is 0 Å². The van der Waals surface area contributed by atoms with Gasteiger partial charge in [0.25, 0.3) is 5.91 Å². The molecule has 0 saturated heterocycles. The SMILES string of the molecule is CCOc1cc(C(=O)Nc2nnc(-c3ccccc3OC)s2)cc(OCC)c1OCC. The number of carbonyl (C=O) groups is 1. The number of anilines is 1. The van der Waals surface area contributed by atoms with E-state index in [9.17, 15) is 4.79 Å². The van der Waals surface area contributed by atoms with Crippen molar-refractivity contribution in [2.24, 2.45) is 0 Å². The Labute approximate surface area is 185 Å². The van der Waals surface area contributed by atoms with Crippen molar-refractivity contribution in [2.75, 3.05) is 32.2 Å². The van der Waals surface area contributed by atoms with Crippen LogP contribution < -0.4 is 24.3 Å². The number of nitrogens with zero attached hydrogens (tertiary/aromatic N) is 2. The number of carbonyl (C=O) groups excluding carboxylic acids is 1. The van der Waals surface area contributed by atoms with Crippen molar-refractivity contribution in [1.82, 2.24) is 10.2 Å². The van der Waals surface area contributed by atoms with Gasteiger partial charge in [0.05, 0.1) is 32.5 Å². The first kappa shape index (κ1) is 22.4. The lowest BCUT2D eigenvalue weighted by Gasteiger charge is -2.16. The lowest BCUT2D eigenvalue weighted by Crippen LogP contribution is -2.13. The zero-order valence-corrected chi connectivity index (χ0v) is 18.7. The predicted molar refractivity (Wildman–Crippen MR) is 120 cm³/mol. The number of aromatic nitrogens is 2. The van der Waals surface area contributed by atoms with Gasteiger partial charge in [0.1, 0.15) is 5.75 Å². The van der Waals surface area contributed by atoms with Crippen LogP contribution in [0.5, 0.6) is 23.0 Å². The number of ether oxygens (including phenoxy) is 4. The number of para-hydroxylation sites is 1. The monoisotopic (exact) mass is 443 g/mol. The maximum atomic E-state index is 12.9. The lowest BCUT2D eigenvalue weighted by molar-refractivity contribution is 0.102. The minimum atomic E-state index is -0.354. The van der Waals surface area contributed by atoms with Crippen LogP contribution in [-0.2, 0) is 0 Å². The average molecular weight is 444 g/mol. The van der Waals surface area contributed by atoms with Crippen molar-refractivity contribution < 1.29 is 23.7 Å². The minimum Gasteiger partial charge on any atom is -0.496 e. The van der Waals surface area contributed by atoms with Gasteiger partial charge in [-0.05, 0) is 45.0 Å². The summed E-state index contributed by atoms with van der Waals surface area (Å²) in [7, 11) is 1.60. The van der Waals surface area contributed by atoms with Crippen LogP contribution in [0.15, 0.2) is 36.4 Å². The second kappa shape index (κ2) is 10.6. The normalized spacial score (nSPS) is 10.5. The van der Waals surface area contributed by atoms with E-state index in [1.807, 2.05) is 45.0 Å². The standard InChI is InChI=1S/C22H25N3O5S/c1-5-28-17-12-14(13-18(29-6-2)19(17)30-7-3)20(26)23-22-25-24-21(31-22)15-10-8-9-11-16(15)27-4/h8-13H,5-7H2,1-4H3,(H,23,25,26). The van der Waals surface area contributed by atoms with Gasteiger partial charge in [0, 0.05) is 5.56 Å². The zero-order chi connectivity index (χ0) is 22.2. The van der Waals surface area contributed by atoms with Crippen LogP contribution in [0.3, 0.4) is 0 Å². The molecule has 0 radical (unpaired) electrons. The lowest BCUT2D eigenvalue weighted by atomic mass is 10.1. The van der Waals surface area contributed by atoms with Gasteiger partial charge in [-0.25, -0.2) is 0 Å². The Balaban J connectivity index is 1.87. The molecule has 1 heterocycles. The Morgan fingerprint density at radius 3 is 2.19 bits per heavy atom. The third-order valence-electron chi connectivity index (χ3n) is 4.15. The van der Waals surface area contributed by atoms with E-state index < -0.39 is 0 Å². The van der Waals surface area contributed by atoms with E-state index in [2.05, 4.69) is 15.5 Å². The maximum absolute atomic E-state index is 12.9. The Bertz CT molecular complexity index is 1010. The molecule has 31 heavy (non-hydrogen) atoms. The first-order valence-electron chi connectivity index (χ1n) is 9.95. The molecule has 2 aromatic carbocycles. The van der Waals surface area contributed by atoms with E-state index in [0.29, 0.717) is 58.5 Å². The summed E-state index contributed by atoms with van der Waals surface area (Å²) in [5.41, 5.74) is 1.17. The molecule has 0 saturated carbocycles. The summed E-state index contributed by atoms with van der Waals surface area (Å²) in [6.45, 7) is 6.90. The second-order valence-electron chi connectivity index (χ2n) is 6.17. The van der Waals surface area contributed by atoms with E-state index in [-0.39, 0.29) is 5.91 Å². The molecular weight excluding hydrogens is 418 g/mol. The molecule has 1 amide bonds. The van der Waals surface area contributed by atoms with Gasteiger partial charge in [-0.2, -0.15) is 0 Å². The van der Waals surface area contributed by atoms with Gasteiger partial charge in [-0.15, -0.1) is 10.2 Å². The predicted octanol–water partition coefficient (Wildman–Crippen LogP) is 4.66. The summed E-state index contributed by atoms with van der Waals surface area (Å²) in [5.74, 6) is 1.72. The molecular formula is C22H25N3O5S. The van der Waals surface area contributed by atoms with Crippen molar-refractivity contribution in [3.63, 3.8) is 0 Å². The molecule has 0 unspecified atom stereocenters. The molecule has 0 fully saturated rings. The summed E-state index contributed by atoms with van der Waals surface area (Å²) < 4.78 is 22.4. The van der Waals surface area contributed by atoms with Gasteiger partial charge in [0.15, 0.2) is 16.5 Å². The fourth-order valence-corrected chi connectivity index (χ4v) is 3.66. The number of benzene rings is 2. The molecule has 1 N–H and O–H groups in total. The number of nitrogens with one attached hydrogen (secondary N) is 1. The van der Waals surface area contributed by atoms with Crippen molar-refractivity contribution in [1.29, 1.82) is 0 Å². The summed E-state index contributed by atoms with van der Waals surface area (Å²) in [5, 5.41) is 12.1. The van der Waals surface area contributed by atoms with E-state index in [1.165, 1.54) is 11.3 Å². The molecule has 0 bridgehead atoms. The van der Waals surface area contributed by atoms with Crippen LogP contribution in [-0.4, -0.2) is 43.0 Å². The molecule has 3 rings (SSSR count). The van der Waals surface area contributed by atoms with Crippen LogP contribution >= 0.6 is 11.3 Å². The zero-order valence-electron chi connectivity index (χ0n) is 17.9. The smallest absolute Gasteiger partial charge is 0.257 e. The number of rotatable bonds is 10. The fraction of sp³-hybridized carbons (Fsp3) is 0.318. The first-order chi connectivity index (χ1) is 15.1. The summed E-state index contributed by atoms with van der Waals surface area (Å²) in [4.78, 5) is 12.9. The third kappa shape index (κ3) is 5.24. The molecule has 8 nitrogen and oxygen atoms in total. The Hall–Kier alpha value is -3.33. The van der Waals surface area contributed by atoms with Crippen LogP contribution in [0, 0.1) is 0 Å². The molecule has 9 heteroatoms. The van der Waals surface area contributed by atoms with Crippen LogP contribution in [0.1, 0.15) is 31.1 Å². The average Bonchev–Trinajstić information content (AvgIpc) is 3.24. The fourth-order valence-electron chi connectivity index (χ4n) is 2.89. The van der Waals surface area contributed by atoms with Gasteiger partial charge in [-0.3, -0.25) is 10.1 Å². The molecule has 0 aliphatic heterocycles. The van der Waals surface area contributed by atoms with E-state index in [1.54, 1.807) is 19.2 Å². The van der Waals surface area contributed by atoms with E-state index in [0.717, 1.165) is 5.56 Å². The van der Waals surface area contributed by atoms with Crippen LogP contribution in [0.2, 0.25) is 0 Å². The summed E-state index contributed by atoms with van der Waals surface area (Å²) in [6.07, 6.45) is 0. The third-order valence-corrected chi connectivity index (χ3v) is 5.03. The molecule has 1 aromatic heterocycles. The first-order valence-corrected chi connectivity index (χ1v) is 10.8. The van der Waals surface area contributed by atoms with Gasteiger partial charge in [-0.1, -0.05) is 23.5 Å². The summed E-state index contributed by atoms with van der Waals surface area (Å²) >= 11 is 1.26. The molecule has 0 spiro atoms. The van der Waals surface area contributed by atoms with Crippen LogP contribution in [0.4, 0.5) is 5.13 Å². The Morgan fingerprint density at radius 1 is 0.935 bits per heavy atom. The highest BCUT2D eigenvalue weighted by Crippen LogP contribution is 2.39. The maximum Gasteiger partial charge on any atom is 0.257 e. The van der Waals surface area contributed by atoms with Crippen molar-refractivity contribution in [3.05, 3.63) is 42.0 Å². The van der Waals surface area contributed by atoms with Crippen LogP contribution in [0.25, 0.3) is 10.6 Å². The molecule has 0 aliphatic carbocycles.